The van der Waals surface area contributed by atoms with Gasteiger partial charge in [-0.2, -0.15) is 0 Å². The summed E-state index contributed by atoms with van der Waals surface area (Å²) >= 11 is 1.28. The lowest BCUT2D eigenvalue weighted by Gasteiger charge is -2.18. The minimum Gasteiger partial charge on any atom is -0.380 e. The van der Waals surface area contributed by atoms with Crippen molar-refractivity contribution in [1.29, 1.82) is 0 Å². The molecule has 0 unspecified atom stereocenters. The maximum Gasteiger partial charge on any atom is 0.389 e. The minimum atomic E-state index is -0.913. The smallest absolute Gasteiger partial charge is 0.380 e. The van der Waals surface area contributed by atoms with Gasteiger partial charge < -0.3 is 5.32 Å². The second kappa shape index (κ2) is 4.10. The number of fused-ring (bicyclic) bond motifs is 3. The summed E-state index contributed by atoms with van der Waals surface area (Å²) in [7, 11) is 0. The van der Waals surface area contributed by atoms with Crippen LogP contribution in [0.1, 0.15) is 20.8 Å². The number of hydrogen-bond donors (Lipinski definition) is 1. The lowest BCUT2D eigenvalue weighted by atomic mass is 10.00. The largest absolute Gasteiger partial charge is 0.389 e. The van der Waals surface area contributed by atoms with E-state index in [-0.39, 0.29) is 0 Å². The standard InChI is InChI=1S/C13H10FNO2S/c1-7-9-6-15-10-5-3-2-4-8(10)12(9)18-11(7)13(16)17-14/h2-5,15H,6H2,1H3. The van der Waals surface area contributed by atoms with Gasteiger partial charge in [-0.3, -0.25) is 0 Å². The third-order valence-corrected chi connectivity index (χ3v) is 4.50. The van der Waals surface area contributed by atoms with Gasteiger partial charge in [0.2, 0.25) is 0 Å². The Morgan fingerprint density at radius 2 is 2.22 bits per heavy atom. The van der Waals surface area contributed by atoms with Crippen LogP contribution in [0.2, 0.25) is 0 Å². The molecule has 0 fully saturated rings. The van der Waals surface area contributed by atoms with Gasteiger partial charge >= 0.3 is 5.97 Å². The maximum absolute atomic E-state index is 12.1. The van der Waals surface area contributed by atoms with E-state index in [2.05, 4.69) is 10.3 Å². The molecule has 1 aromatic carbocycles. The predicted molar refractivity (Wildman–Crippen MR) is 68.3 cm³/mol. The number of anilines is 1. The van der Waals surface area contributed by atoms with Crippen molar-refractivity contribution in [2.75, 3.05) is 5.32 Å². The van der Waals surface area contributed by atoms with Gasteiger partial charge in [-0.05, 0) is 24.1 Å². The molecule has 2 aromatic rings. The van der Waals surface area contributed by atoms with Gasteiger partial charge in [-0.15, -0.1) is 11.3 Å². The Bertz CT molecular complexity index is 636. The molecule has 0 radical (unpaired) electrons. The van der Waals surface area contributed by atoms with E-state index >= 15 is 0 Å². The van der Waals surface area contributed by atoms with E-state index in [9.17, 15) is 9.32 Å². The van der Waals surface area contributed by atoms with Gasteiger partial charge in [0.15, 0.2) is 0 Å². The molecule has 1 aromatic heterocycles. The van der Waals surface area contributed by atoms with Crippen LogP contribution in [0.4, 0.5) is 10.2 Å². The molecule has 2 heterocycles. The van der Waals surface area contributed by atoms with Crippen LogP contribution in [0.25, 0.3) is 10.4 Å². The summed E-state index contributed by atoms with van der Waals surface area (Å²) in [5.41, 5.74) is 3.91. The predicted octanol–water partition coefficient (Wildman–Crippen LogP) is 3.69. The van der Waals surface area contributed by atoms with Crippen molar-refractivity contribution in [2.24, 2.45) is 0 Å². The average molecular weight is 263 g/mol. The topological polar surface area (TPSA) is 38.3 Å². The van der Waals surface area contributed by atoms with E-state index in [4.69, 9.17) is 0 Å². The zero-order valence-electron chi connectivity index (χ0n) is 9.62. The molecular formula is C13H10FNO2S. The Hall–Kier alpha value is -1.88. The molecule has 0 saturated carbocycles. The zero-order valence-corrected chi connectivity index (χ0v) is 10.4. The molecule has 1 aliphatic rings. The summed E-state index contributed by atoms with van der Waals surface area (Å²) < 4.78 is 12.1. The summed E-state index contributed by atoms with van der Waals surface area (Å²) in [6.07, 6.45) is 0. The monoisotopic (exact) mass is 263 g/mol. The number of halogens is 1. The second-order valence-electron chi connectivity index (χ2n) is 4.13. The fraction of sp³-hybridized carbons (Fsp3) is 0.154. The number of benzene rings is 1. The number of carbonyl (C=O) groups is 1. The van der Waals surface area contributed by atoms with Gasteiger partial charge in [0.1, 0.15) is 4.88 Å². The van der Waals surface area contributed by atoms with E-state index in [1.807, 2.05) is 31.2 Å². The molecule has 5 heteroatoms. The van der Waals surface area contributed by atoms with Crippen molar-refractivity contribution in [3.05, 3.63) is 40.3 Å². The maximum atomic E-state index is 12.1. The second-order valence-corrected chi connectivity index (χ2v) is 5.15. The van der Waals surface area contributed by atoms with Crippen LogP contribution in [-0.4, -0.2) is 5.97 Å². The summed E-state index contributed by atoms with van der Waals surface area (Å²) in [6.45, 7) is 2.46. The fourth-order valence-electron chi connectivity index (χ4n) is 2.23. The number of para-hydroxylation sites is 1. The van der Waals surface area contributed by atoms with Crippen LogP contribution in [0.15, 0.2) is 24.3 Å². The van der Waals surface area contributed by atoms with Crippen molar-refractivity contribution < 1.29 is 14.3 Å². The molecule has 1 aliphatic heterocycles. The van der Waals surface area contributed by atoms with Crippen LogP contribution in [0.3, 0.4) is 0 Å². The molecule has 3 rings (SSSR count). The molecule has 0 bridgehead atoms. The third kappa shape index (κ3) is 1.51. The molecule has 0 spiro atoms. The summed E-state index contributed by atoms with van der Waals surface area (Å²) in [6, 6.07) is 7.87. The Morgan fingerprint density at radius 1 is 1.44 bits per heavy atom. The number of carbonyl (C=O) groups excluding carboxylic acids is 1. The first-order valence-electron chi connectivity index (χ1n) is 5.51. The Balaban J connectivity index is 2.20. The van der Waals surface area contributed by atoms with E-state index < -0.39 is 5.97 Å². The number of thiophene rings is 1. The number of rotatable bonds is 1. The normalized spacial score (nSPS) is 12.3. The van der Waals surface area contributed by atoms with Gasteiger partial charge in [0.25, 0.3) is 0 Å². The minimum absolute atomic E-state index is 0.334. The highest BCUT2D eigenvalue weighted by Crippen LogP contribution is 2.43. The van der Waals surface area contributed by atoms with E-state index in [0.29, 0.717) is 11.4 Å². The molecular weight excluding hydrogens is 253 g/mol. The van der Waals surface area contributed by atoms with Gasteiger partial charge in [0.05, 0.1) is 0 Å². The number of nitrogens with one attached hydrogen (secondary N) is 1. The van der Waals surface area contributed by atoms with Crippen molar-refractivity contribution in [2.45, 2.75) is 13.5 Å². The van der Waals surface area contributed by atoms with Crippen molar-refractivity contribution in [3.63, 3.8) is 0 Å². The highest BCUT2D eigenvalue weighted by atomic mass is 32.1. The Kier molecular flexibility index (Phi) is 2.56. The van der Waals surface area contributed by atoms with Crippen LogP contribution < -0.4 is 5.32 Å². The molecule has 0 atom stereocenters. The summed E-state index contributed by atoms with van der Waals surface area (Å²) in [5, 5.41) is 3.29. The fourth-order valence-corrected chi connectivity index (χ4v) is 3.46. The molecule has 92 valence electrons. The lowest BCUT2D eigenvalue weighted by Crippen LogP contribution is -2.07. The van der Waals surface area contributed by atoms with Crippen LogP contribution in [0, 0.1) is 6.92 Å². The van der Waals surface area contributed by atoms with E-state index in [1.54, 1.807) is 0 Å². The zero-order chi connectivity index (χ0) is 12.7. The molecule has 1 N–H and O–H groups in total. The van der Waals surface area contributed by atoms with Crippen molar-refractivity contribution >= 4 is 23.0 Å². The summed E-state index contributed by atoms with van der Waals surface area (Å²) in [5.74, 6) is -0.913. The van der Waals surface area contributed by atoms with E-state index in [1.165, 1.54) is 11.3 Å². The third-order valence-electron chi connectivity index (χ3n) is 3.15. The van der Waals surface area contributed by atoms with Crippen LogP contribution >= 0.6 is 11.3 Å². The lowest BCUT2D eigenvalue weighted by molar-refractivity contribution is -0.0784. The first kappa shape index (κ1) is 11.2. The van der Waals surface area contributed by atoms with Crippen molar-refractivity contribution in [1.82, 2.24) is 0 Å². The number of hydrogen-bond acceptors (Lipinski definition) is 4. The van der Waals surface area contributed by atoms with Crippen molar-refractivity contribution in [3.8, 4) is 10.4 Å². The highest BCUT2D eigenvalue weighted by molar-refractivity contribution is 7.17. The molecule has 18 heavy (non-hydrogen) atoms. The Morgan fingerprint density at radius 3 is 3.00 bits per heavy atom. The van der Waals surface area contributed by atoms with Crippen LogP contribution in [-0.2, 0) is 11.5 Å². The molecule has 0 saturated heterocycles. The first-order valence-corrected chi connectivity index (χ1v) is 6.32. The Labute approximate surface area is 107 Å². The van der Waals surface area contributed by atoms with Gasteiger partial charge in [-0.25, -0.2) is 9.74 Å². The first-order chi connectivity index (χ1) is 8.72. The van der Waals surface area contributed by atoms with Gasteiger partial charge in [0, 0.05) is 27.2 Å². The SMILES string of the molecule is Cc1c(C(=O)OF)sc2c1CNc1ccccc1-2. The average Bonchev–Trinajstić information content (AvgIpc) is 2.76. The van der Waals surface area contributed by atoms with Crippen LogP contribution in [0.5, 0.6) is 0 Å². The molecule has 3 nitrogen and oxygen atoms in total. The quantitative estimate of drug-likeness (QED) is 0.852. The van der Waals surface area contributed by atoms with E-state index in [0.717, 1.165) is 27.3 Å². The summed E-state index contributed by atoms with van der Waals surface area (Å²) in [4.78, 5) is 16.0. The highest BCUT2D eigenvalue weighted by Gasteiger charge is 2.25. The molecule has 0 aliphatic carbocycles. The van der Waals surface area contributed by atoms with Gasteiger partial charge in [-0.1, -0.05) is 18.2 Å². The molecule has 0 amide bonds.